The summed E-state index contributed by atoms with van der Waals surface area (Å²) in [6.45, 7) is 2.29. The number of hydrogen-bond donors (Lipinski definition) is 2. The quantitative estimate of drug-likeness (QED) is 0.566. The molecule has 0 saturated carbocycles. The molecule has 0 aliphatic heterocycles. The van der Waals surface area contributed by atoms with Gasteiger partial charge in [0.25, 0.3) is 0 Å². The maximum Gasteiger partial charge on any atom is 0.233 e. The fraction of sp³-hybridized carbons (Fsp3) is 0.250. The highest BCUT2D eigenvalue weighted by Crippen LogP contribution is 2.24. The Hall–Kier alpha value is -2.87. The third-order valence-corrected chi connectivity index (χ3v) is 5.07. The van der Waals surface area contributed by atoms with Crippen molar-refractivity contribution in [1.82, 2.24) is 20.5 Å². The van der Waals surface area contributed by atoms with E-state index in [2.05, 4.69) is 20.5 Å². The van der Waals surface area contributed by atoms with E-state index in [-0.39, 0.29) is 17.0 Å². The molecule has 2 aromatic carbocycles. The van der Waals surface area contributed by atoms with Gasteiger partial charge in [0.2, 0.25) is 11.1 Å². The number of hydrogen-bond acceptors (Lipinski definition) is 5. The topological polar surface area (TPSA) is 79.9 Å². The van der Waals surface area contributed by atoms with Crippen LogP contribution in [0, 0.1) is 5.82 Å². The first-order valence-corrected chi connectivity index (χ1v) is 9.69. The molecule has 2 N–H and O–H groups in total. The monoisotopic (exact) mass is 400 g/mol. The summed E-state index contributed by atoms with van der Waals surface area (Å²) in [6, 6.07) is 13.7. The molecule has 1 amide bonds. The lowest BCUT2D eigenvalue weighted by Gasteiger charge is -2.10. The van der Waals surface area contributed by atoms with Gasteiger partial charge in [-0.25, -0.2) is 9.37 Å². The van der Waals surface area contributed by atoms with Crippen LogP contribution in [-0.4, -0.2) is 40.0 Å². The molecule has 0 fully saturated rings. The fourth-order valence-electron chi connectivity index (χ4n) is 2.51. The van der Waals surface area contributed by atoms with Crippen LogP contribution in [0.25, 0.3) is 11.4 Å². The van der Waals surface area contributed by atoms with E-state index in [0.29, 0.717) is 23.9 Å². The summed E-state index contributed by atoms with van der Waals surface area (Å²) in [5.74, 6) is 1.04. The second-order valence-corrected chi connectivity index (χ2v) is 7.43. The Bertz CT molecular complexity index is 913. The maximum absolute atomic E-state index is 12.9. The fourth-order valence-corrected chi connectivity index (χ4v) is 3.26. The van der Waals surface area contributed by atoms with Crippen LogP contribution in [0.4, 0.5) is 4.39 Å². The van der Waals surface area contributed by atoms with E-state index in [9.17, 15) is 9.18 Å². The number of H-pyrrole nitrogens is 1. The number of aromatic amines is 1. The normalized spacial score (nSPS) is 11.8. The van der Waals surface area contributed by atoms with Gasteiger partial charge in [-0.2, -0.15) is 0 Å². The highest BCUT2D eigenvalue weighted by Gasteiger charge is 2.17. The molecule has 1 atom stereocenters. The van der Waals surface area contributed by atoms with Crippen molar-refractivity contribution in [1.29, 1.82) is 0 Å². The molecule has 0 spiro atoms. The summed E-state index contributed by atoms with van der Waals surface area (Å²) in [4.78, 5) is 16.7. The summed E-state index contributed by atoms with van der Waals surface area (Å²) in [7, 11) is 1.62. The van der Waals surface area contributed by atoms with Gasteiger partial charge >= 0.3 is 0 Å². The third-order valence-electron chi connectivity index (χ3n) is 4.11. The van der Waals surface area contributed by atoms with Gasteiger partial charge in [0, 0.05) is 12.1 Å². The predicted molar refractivity (Wildman–Crippen MR) is 107 cm³/mol. The van der Waals surface area contributed by atoms with Crippen molar-refractivity contribution in [3.05, 3.63) is 59.9 Å². The number of halogens is 1. The van der Waals surface area contributed by atoms with Crippen LogP contribution in [0.1, 0.15) is 12.5 Å². The van der Waals surface area contributed by atoms with Crippen LogP contribution >= 0.6 is 11.8 Å². The number of carbonyl (C=O) groups excluding carboxylic acids is 1. The van der Waals surface area contributed by atoms with Gasteiger partial charge in [0.15, 0.2) is 5.82 Å². The molecule has 1 aromatic heterocycles. The Balaban J connectivity index is 1.49. The average Bonchev–Trinajstić information content (AvgIpc) is 3.18. The minimum atomic E-state index is -0.340. The van der Waals surface area contributed by atoms with Crippen LogP contribution < -0.4 is 10.1 Å². The Morgan fingerprint density at radius 2 is 1.93 bits per heavy atom. The highest BCUT2D eigenvalue weighted by atomic mass is 32.2. The van der Waals surface area contributed by atoms with Crippen molar-refractivity contribution in [3.63, 3.8) is 0 Å². The number of aromatic nitrogens is 3. The second kappa shape index (κ2) is 9.36. The van der Waals surface area contributed by atoms with Crippen LogP contribution in [0.5, 0.6) is 5.75 Å². The Morgan fingerprint density at radius 3 is 2.61 bits per heavy atom. The van der Waals surface area contributed by atoms with Crippen molar-refractivity contribution in [3.8, 4) is 17.1 Å². The molecule has 28 heavy (non-hydrogen) atoms. The minimum Gasteiger partial charge on any atom is -0.497 e. The van der Waals surface area contributed by atoms with Crippen LogP contribution in [-0.2, 0) is 11.2 Å². The molecule has 6 nitrogen and oxygen atoms in total. The smallest absolute Gasteiger partial charge is 0.233 e. The number of amides is 1. The Labute approximate surface area is 166 Å². The lowest BCUT2D eigenvalue weighted by atomic mass is 10.1. The Morgan fingerprint density at radius 1 is 1.21 bits per heavy atom. The first-order chi connectivity index (χ1) is 13.5. The van der Waals surface area contributed by atoms with E-state index in [1.807, 2.05) is 24.3 Å². The van der Waals surface area contributed by atoms with E-state index in [1.54, 1.807) is 26.2 Å². The molecule has 0 saturated heterocycles. The molecular formula is C20H21FN4O2S. The second-order valence-electron chi connectivity index (χ2n) is 6.12. The van der Waals surface area contributed by atoms with E-state index in [0.717, 1.165) is 16.9 Å². The van der Waals surface area contributed by atoms with Gasteiger partial charge in [0.1, 0.15) is 11.6 Å². The molecule has 1 heterocycles. The molecule has 0 aliphatic carbocycles. The average molecular weight is 400 g/mol. The first kappa shape index (κ1) is 19.9. The Kier molecular flexibility index (Phi) is 6.65. The SMILES string of the molecule is COc1ccc(-c2nc(S[C@@H](C)C(=O)NCCc3ccc(F)cc3)n[nH]2)cc1. The van der Waals surface area contributed by atoms with Gasteiger partial charge < -0.3 is 10.1 Å². The molecule has 0 unspecified atom stereocenters. The molecular weight excluding hydrogens is 379 g/mol. The highest BCUT2D eigenvalue weighted by molar-refractivity contribution is 8.00. The van der Waals surface area contributed by atoms with Gasteiger partial charge in [-0.3, -0.25) is 9.89 Å². The van der Waals surface area contributed by atoms with Crippen molar-refractivity contribution < 1.29 is 13.9 Å². The number of carbonyl (C=O) groups is 1. The van der Waals surface area contributed by atoms with E-state index in [1.165, 1.54) is 23.9 Å². The summed E-state index contributed by atoms with van der Waals surface area (Å²) < 4.78 is 18.0. The van der Waals surface area contributed by atoms with Crippen molar-refractivity contribution >= 4 is 17.7 Å². The number of thioether (sulfide) groups is 1. The number of nitrogens with one attached hydrogen (secondary N) is 2. The minimum absolute atomic E-state index is 0.0945. The predicted octanol–water partition coefficient (Wildman–Crippen LogP) is 3.46. The van der Waals surface area contributed by atoms with Crippen LogP contribution in [0.15, 0.2) is 53.7 Å². The third kappa shape index (κ3) is 5.32. The van der Waals surface area contributed by atoms with Crippen molar-refractivity contribution in [2.24, 2.45) is 0 Å². The van der Waals surface area contributed by atoms with E-state index in [4.69, 9.17) is 4.74 Å². The lowest BCUT2D eigenvalue weighted by molar-refractivity contribution is -0.120. The number of benzene rings is 2. The van der Waals surface area contributed by atoms with E-state index >= 15 is 0 Å². The molecule has 8 heteroatoms. The number of ether oxygens (including phenoxy) is 1. The number of nitrogens with zero attached hydrogens (tertiary/aromatic N) is 2. The summed E-state index contributed by atoms with van der Waals surface area (Å²) in [5, 5.41) is 10.1. The van der Waals surface area contributed by atoms with E-state index < -0.39 is 0 Å². The first-order valence-electron chi connectivity index (χ1n) is 8.81. The molecule has 146 valence electrons. The van der Waals surface area contributed by atoms with Gasteiger partial charge in [-0.05, 0) is 55.3 Å². The van der Waals surface area contributed by atoms with Gasteiger partial charge in [-0.1, -0.05) is 23.9 Å². The maximum atomic E-state index is 12.9. The van der Waals surface area contributed by atoms with Crippen LogP contribution in [0.3, 0.4) is 0 Å². The largest absolute Gasteiger partial charge is 0.497 e. The van der Waals surface area contributed by atoms with Crippen molar-refractivity contribution in [2.75, 3.05) is 13.7 Å². The van der Waals surface area contributed by atoms with Crippen LogP contribution in [0.2, 0.25) is 0 Å². The molecule has 0 radical (unpaired) electrons. The van der Waals surface area contributed by atoms with Gasteiger partial charge in [0.05, 0.1) is 12.4 Å². The summed E-state index contributed by atoms with van der Waals surface area (Å²) >= 11 is 1.28. The zero-order valence-corrected chi connectivity index (χ0v) is 16.4. The molecule has 0 aliphatic rings. The zero-order valence-electron chi connectivity index (χ0n) is 15.6. The van der Waals surface area contributed by atoms with Crippen molar-refractivity contribution in [2.45, 2.75) is 23.8 Å². The number of methoxy groups -OCH3 is 1. The summed E-state index contributed by atoms with van der Waals surface area (Å²) in [6.07, 6.45) is 0.645. The summed E-state index contributed by atoms with van der Waals surface area (Å²) in [5.41, 5.74) is 1.86. The molecule has 0 bridgehead atoms. The van der Waals surface area contributed by atoms with Gasteiger partial charge in [-0.15, -0.1) is 5.10 Å². The molecule has 3 rings (SSSR count). The zero-order chi connectivity index (χ0) is 19.9. The molecule has 3 aromatic rings. The lowest BCUT2D eigenvalue weighted by Crippen LogP contribution is -2.32. The standard InChI is InChI=1S/C20H21FN4O2S/c1-13(19(26)22-12-11-14-3-7-16(21)8-4-14)28-20-23-18(24-25-20)15-5-9-17(27-2)10-6-15/h3-10,13H,11-12H2,1-2H3,(H,22,26)(H,23,24,25)/t13-/m0/s1. The number of rotatable bonds is 8.